The van der Waals surface area contributed by atoms with Crippen LogP contribution in [0.4, 0.5) is 11.4 Å². The van der Waals surface area contributed by atoms with Crippen LogP contribution in [0.2, 0.25) is 0 Å². The van der Waals surface area contributed by atoms with E-state index in [2.05, 4.69) is 158 Å². The van der Waals surface area contributed by atoms with Crippen LogP contribution >= 0.6 is 0 Å². The Kier molecular flexibility index (Phi) is 12.8. The standard InChI is InChI=1S/2C25H29N3.CH4/c2*1-16-7-6-8-21(18(16)3)23-15-28(20-11-9-19(26-4)10-12-20)25-13-17(2)24(27-5)14-22(23)25;/h2*6-8,13-15,19-20,26H,9-12H2,1-4H3;1H4. The maximum atomic E-state index is 7.57. The van der Waals surface area contributed by atoms with Gasteiger partial charge >= 0.3 is 0 Å². The molecule has 2 aliphatic carbocycles. The molecule has 0 aliphatic heterocycles. The summed E-state index contributed by atoms with van der Waals surface area (Å²) in [5.41, 5.74) is 16.6. The van der Waals surface area contributed by atoms with Crippen LogP contribution in [0.25, 0.3) is 53.7 Å². The van der Waals surface area contributed by atoms with Gasteiger partial charge in [-0.2, -0.15) is 0 Å². The van der Waals surface area contributed by atoms with E-state index < -0.39 is 0 Å². The normalized spacial score (nSPS) is 19.3. The molecule has 6 nitrogen and oxygen atoms in total. The molecular formula is C51H62N6. The summed E-state index contributed by atoms with van der Waals surface area (Å²) in [7, 11) is 4.15. The number of aromatic nitrogens is 2. The van der Waals surface area contributed by atoms with Crippen LogP contribution in [0, 0.1) is 54.7 Å². The highest BCUT2D eigenvalue weighted by Crippen LogP contribution is 2.43. The molecule has 57 heavy (non-hydrogen) atoms. The molecule has 0 amide bonds. The number of benzene rings is 4. The third kappa shape index (κ3) is 8.04. The first-order valence-corrected chi connectivity index (χ1v) is 20.6. The molecule has 6 heteroatoms. The highest BCUT2D eigenvalue weighted by atomic mass is 15.0. The maximum Gasteiger partial charge on any atom is 0.190 e. The van der Waals surface area contributed by atoms with Gasteiger partial charge in [0.05, 0.1) is 13.1 Å². The van der Waals surface area contributed by atoms with E-state index >= 15 is 0 Å². The van der Waals surface area contributed by atoms with Gasteiger partial charge in [-0.1, -0.05) is 43.8 Å². The monoisotopic (exact) mass is 759 g/mol. The van der Waals surface area contributed by atoms with E-state index in [0.29, 0.717) is 24.2 Å². The molecule has 0 atom stereocenters. The van der Waals surface area contributed by atoms with Crippen molar-refractivity contribution in [3.63, 3.8) is 0 Å². The zero-order valence-corrected chi connectivity index (χ0v) is 34.7. The number of hydrogen-bond acceptors (Lipinski definition) is 2. The lowest BCUT2D eigenvalue weighted by atomic mass is 9.91. The SMILES string of the molecule is C.[C-]#[N+]c1cc2c(-c3cccc(C)c3C)cn(C3CCC(NC)CC3)c2cc1C.[C-]#[N+]c1cc2c(-c3cccc(C)c3C)cn(C3CCC(NC)CC3)c2cc1C. The van der Waals surface area contributed by atoms with E-state index in [9.17, 15) is 0 Å². The fraction of sp³-hybridized carbons (Fsp3) is 0.412. The average molecular weight is 759 g/mol. The first-order chi connectivity index (χ1) is 27.1. The molecule has 2 N–H and O–H groups in total. The van der Waals surface area contributed by atoms with Crippen molar-refractivity contribution in [1.29, 1.82) is 0 Å². The van der Waals surface area contributed by atoms with Gasteiger partial charge < -0.3 is 19.8 Å². The highest BCUT2D eigenvalue weighted by Gasteiger charge is 2.26. The van der Waals surface area contributed by atoms with Gasteiger partial charge in [0, 0.05) is 58.7 Å². The summed E-state index contributed by atoms with van der Waals surface area (Å²) < 4.78 is 5.00. The van der Waals surface area contributed by atoms with Crippen molar-refractivity contribution < 1.29 is 0 Å². The first-order valence-electron chi connectivity index (χ1n) is 20.6. The third-order valence-corrected chi connectivity index (χ3v) is 13.3. The first kappa shape index (κ1) is 41.5. The molecule has 4 aromatic carbocycles. The van der Waals surface area contributed by atoms with E-state index in [1.165, 1.54) is 118 Å². The zero-order valence-electron chi connectivity index (χ0n) is 34.7. The van der Waals surface area contributed by atoms with Crippen LogP contribution in [-0.4, -0.2) is 35.3 Å². The molecule has 6 aromatic rings. The second-order valence-corrected chi connectivity index (χ2v) is 16.5. The number of rotatable bonds is 6. The Morgan fingerprint density at radius 3 is 1.21 bits per heavy atom. The van der Waals surface area contributed by atoms with Gasteiger partial charge in [-0.3, -0.25) is 0 Å². The van der Waals surface area contributed by atoms with Gasteiger partial charge in [0.1, 0.15) is 0 Å². The Hall–Kier alpha value is -5.14. The molecule has 2 saturated carbocycles. The lowest BCUT2D eigenvalue weighted by Gasteiger charge is -2.30. The van der Waals surface area contributed by atoms with Crippen molar-refractivity contribution in [2.24, 2.45) is 0 Å². The number of hydrogen-bond donors (Lipinski definition) is 2. The van der Waals surface area contributed by atoms with Crippen molar-refractivity contribution >= 4 is 33.2 Å². The molecule has 296 valence electrons. The lowest BCUT2D eigenvalue weighted by Crippen LogP contribution is -2.30. The number of nitrogens with one attached hydrogen (secondary N) is 2. The van der Waals surface area contributed by atoms with Gasteiger partial charge in [-0.15, -0.1) is 0 Å². The van der Waals surface area contributed by atoms with Gasteiger partial charge in [0.25, 0.3) is 0 Å². The van der Waals surface area contributed by atoms with Gasteiger partial charge in [0.2, 0.25) is 0 Å². The summed E-state index contributed by atoms with van der Waals surface area (Å²) in [4.78, 5) is 7.54. The summed E-state index contributed by atoms with van der Waals surface area (Å²) in [5.74, 6) is 0. The fourth-order valence-electron chi connectivity index (χ4n) is 9.42. The number of fused-ring (bicyclic) bond motifs is 2. The lowest BCUT2D eigenvalue weighted by molar-refractivity contribution is 0.305. The molecule has 2 heterocycles. The molecular weight excluding hydrogens is 697 g/mol. The van der Waals surface area contributed by atoms with Crippen molar-refractivity contribution in [2.75, 3.05) is 14.1 Å². The molecule has 2 fully saturated rings. The average Bonchev–Trinajstić information content (AvgIpc) is 3.77. The second kappa shape index (κ2) is 17.6. The minimum absolute atomic E-state index is 0. The number of nitrogens with zero attached hydrogens (tertiary/aromatic N) is 4. The van der Waals surface area contributed by atoms with E-state index in [-0.39, 0.29) is 7.43 Å². The summed E-state index contributed by atoms with van der Waals surface area (Å²) in [6.45, 7) is 28.0. The summed E-state index contributed by atoms with van der Waals surface area (Å²) in [6.07, 6.45) is 14.4. The molecule has 0 radical (unpaired) electrons. The van der Waals surface area contributed by atoms with Crippen LogP contribution in [-0.2, 0) is 0 Å². The molecule has 0 bridgehead atoms. The molecule has 2 aromatic heterocycles. The number of aryl methyl sites for hydroxylation is 4. The molecule has 0 saturated heterocycles. The topological polar surface area (TPSA) is 42.6 Å². The maximum absolute atomic E-state index is 7.57. The predicted molar refractivity (Wildman–Crippen MR) is 243 cm³/mol. The van der Waals surface area contributed by atoms with Crippen LogP contribution in [0.3, 0.4) is 0 Å². The summed E-state index contributed by atoms with van der Waals surface area (Å²) in [5, 5.41) is 9.30. The summed E-state index contributed by atoms with van der Waals surface area (Å²) in [6, 6.07) is 24.1. The smallest absolute Gasteiger partial charge is 0.190 e. The Bertz CT molecular complexity index is 2290. The molecule has 2 aliphatic rings. The van der Waals surface area contributed by atoms with E-state index in [0.717, 1.165) is 22.5 Å². The van der Waals surface area contributed by atoms with Gasteiger partial charge in [0.15, 0.2) is 11.4 Å². The largest absolute Gasteiger partial charge is 0.344 e. The minimum Gasteiger partial charge on any atom is -0.344 e. The van der Waals surface area contributed by atoms with Crippen molar-refractivity contribution in [3.05, 3.63) is 129 Å². The minimum atomic E-state index is 0. The summed E-state index contributed by atoms with van der Waals surface area (Å²) >= 11 is 0. The fourth-order valence-corrected chi connectivity index (χ4v) is 9.42. The van der Waals surface area contributed by atoms with E-state index in [1.54, 1.807) is 0 Å². The van der Waals surface area contributed by atoms with Crippen molar-refractivity contribution in [3.8, 4) is 22.3 Å². The molecule has 0 spiro atoms. The predicted octanol–water partition coefficient (Wildman–Crippen LogP) is 13.6. The Morgan fingerprint density at radius 1 is 0.509 bits per heavy atom. The Morgan fingerprint density at radius 2 is 0.877 bits per heavy atom. The molecule has 0 unspecified atom stereocenters. The van der Waals surface area contributed by atoms with Crippen molar-refractivity contribution in [1.82, 2.24) is 19.8 Å². The van der Waals surface area contributed by atoms with Crippen LogP contribution in [0.5, 0.6) is 0 Å². The molecule has 8 rings (SSSR count). The Labute approximate surface area is 342 Å². The zero-order chi connectivity index (χ0) is 39.7. The second-order valence-electron chi connectivity index (χ2n) is 16.5. The van der Waals surface area contributed by atoms with Gasteiger partial charge in [-0.25, -0.2) is 9.69 Å². The van der Waals surface area contributed by atoms with Crippen LogP contribution in [0.1, 0.15) is 104 Å². The third-order valence-electron chi connectivity index (χ3n) is 13.3. The van der Waals surface area contributed by atoms with E-state index in [1.807, 2.05) is 0 Å². The van der Waals surface area contributed by atoms with E-state index in [4.69, 9.17) is 13.1 Å². The van der Waals surface area contributed by atoms with Crippen LogP contribution in [0.15, 0.2) is 73.1 Å². The van der Waals surface area contributed by atoms with Crippen LogP contribution < -0.4 is 10.6 Å². The van der Waals surface area contributed by atoms with Gasteiger partial charge in [-0.05, 0) is 187 Å². The Balaban J connectivity index is 0.000000189. The van der Waals surface area contributed by atoms with Crippen molar-refractivity contribution in [2.45, 2.75) is 125 Å². The quantitative estimate of drug-likeness (QED) is 0.166. The highest BCUT2D eigenvalue weighted by molar-refractivity contribution is 6.00.